The molecule has 0 saturated carbocycles. The van der Waals surface area contributed by atoms with E-state index in [1.807, 2.05) is 23.6 Å². The van der Waals surface area contributed by atoms with Crippen LogP contribution in [0.1, 0.15) is 26.5 Å². The summed E-state index contributed by atoms with van der Waals surface area (Å²) in [5.74, 6) is 0.393. The number of carbonyl (C=O) groups is 2. The summed E-state index contributed by atoms with van der Waals surface area (Å²) in [6.45, 7) is 1.79. The van der Waals surface area contributed by atoms with E-state index in [1.54, 1.807) is 43.5 Å². The number of esters is 1. The van der Waals surface area contributed by atoms with E-state index in [9.17, 15) is 9.59 Å². The zero-order chi connectivity index (χ0) is 18.8. The van der Waals surface area contributed by atoms with Crippen molar-refractivity contribution < 1.29 is 19.1 Å². The highest BCUT2D eigenvalue weighted by Crippen LogP contribution is 2.37. The Balaban J connectivity index is 1.56. The van der Waals surface area contributed by atoms with E-state index in [1.165, 1.54) is 11.3 Å². The SMILES string of the molecule is Cc1cc(OC(=O)Cc2cccs2)cc2c1C(=O)/C(=C/c1ccccn1)O2. The number of hydrogen-bond donors (Lipinski definition) is 0. The molecule has 0 radical (unpaired) electrons. The molecule has 0 amide bonds. The monoisotopic (exact) mass is 377 g/mol. The van der Waals surface area contributed by atoms with Gasteiger partial charge in [0.25, 0.3) is 0 Å². The molecule has 27 heavy (non-hydrogen) atoms. The summed E-state index contributed by atoms with van der Waals surface area (Å²) in [7, 11) is 0. The summed E-state index contributed by atoms with van der Waals surface area (Å²) in [4.78, 5) is 29.9. The van der Waals surface area contributed by atoms with Gasteiger partial charge in [-0.25, -0.2) is 0 Å². The van der Waals surface area contributed by atoms with Crippen molar-refractivity contribution >= 4 is 29.2 Å². The van der Waals surface area contributed by atoms with Gasteiger partial charge in [-0.15, -0.1) is 11.3 Å². The molecule has 0 unspecified atom stereocenters. The van der Waals surface area contributed by atoms with Gasteiger partial charge in [0.15, 0.2) is 5.76 Å². The second-order valence-electron chi connectivity index (χ2n) is 6.04. The molecule has 0 spiro atoms. The Labute approximate surface area is 159 Å². The summed E-state index contributed by atoms with van der Waals surface area (Å²) < 4.78 is 11.1. The minimum atomic E-state index is -0.356. The summed E-state index contributed by atoms with van der Waals surface area (Å²) in [6.07, 6.45) is 3.46. The maximum atomic E-state index is 12.6. The average molecular weight is 377 g/mol. The highest BCUT2D eigenvalue weighted by atomic mass is 32.1. The highest BCUT2D eigenvalue weighted by Gasteiger charge is 2.30. The van der Waals surface area contributed by atoms with E-state index in [0.29, 0.717) is 28.3 Å². The largest absolute Gasteiger partial charge is 0.452 e. The van der Waals surface area contributed by atoms with Gasteiger partial charge in [-0.1, -0.05) is 12.1 Å². The number of carbonyl (C=O) groups excluding carboxylic acids is 2. The minimum Gasteiger partial charge on any atom is -0.452 e. The molecule has 0 aliphatic carbocycles. The molecule has 4 rings (SSSR count). The first-order valence-corrected chi connectivity index (χ1v) is 9.21. The minimum absolute atomic E-state index is 0.203. The number of rotatable bonds is 4. The molecule has 0 saturated heterocycles. The molecule has 0 N–H and O–H groups in total. The number of ketones is 1. The molecule has 3 heterocycles. The Morgan fingerprint density at radius 1 is 1.26 bits per heavy atom. The zero-order valence-corrected chi connectivity index (χ0v) is 15.3. The predicted molar refractivity (Wildman–Crippen MR) is 102 cm³/mol. The molecule has 0 fully saturated rings. The number of ether oxygens (including phenoxy) is 2. The topological polar surface area (TPSA) is 65.5 Å². The van der Waals surface area contributed by atoms with Crippen LogP contribution in [0.25, 0.3) is 6.08 Å². The van der Waals surface area contributed by atoms with Crippen LogP contribution in [0, 0.1) is 6.92 Å². The normalized spacial score (nSPS) is 14.1. The first kappa shape index (κ1) is 17.2. The lowest BCUT2D eigenvalue weighted by Gasteiger charge is -2.07. The van der Waals surface area contributed by atoms with Gasteiger partial charge >= 0.3 is 5.97 Å². The number of fused-ring (bicyclic) bond motifs is 1. The maximum Gasteiger partial charge on any atom is 0.316 e. The van der Waals surface area contributed by atoms with Crippen molar-refractivity contribution in [2.24, 2.45) is 0 Å². The smallest absolute Gasteiger partial charge is 0.316 e. The first-order chi connectivity index (χ1) is 13.1. The third kappa shape index (κ3) is 3.66. The molecule has 2 aromatic heterocycles. The van der Waals surface area contributed by atoms with Gasteiger partial charge in [-0.2, -0.15) is 0 Å². The van der Waals surface area contributed by atoms with Gasteiger partial charge in [-0.3, -0.25) is 14.6 Å². The average Bonchev–Trinajstić information content (AvgIpc) is 3.24. The zero-order valence-electron chi connectivity index (χ0n) is 14.5. The van der Waals surface area contributed by atoms with Gasteiger partial charge in [0.1, 0.15) is 11.5 Å². The van der Waals surface area contributed by atoms with Crippen LogP contribution in [0.4, 0.5) is 0 Å². The van der Waals surface area contributed by atoms with Crippen molar-refractivity contribution in [1.29, 1.82) is 0 Å². The Bertz CT molecular complexity index is 1040. The van der Waals surface area contributed by atoms with Crippen LogP contribution in [0.2, 0.25) is 0 Å². The molecule has 3 aromatic rings. The van der Waals surface area contributed by atoms with Crippen LogP contribution < -0.4 is 9.47 Å². The second-order valence-corrected chi connectivity index (χ2v) is 7.07. The van der Waals surface area contributed by atoms with E-state index in [2.05, 4.69) is 4.98 Å². The lowest BCUT2D eigenvalue weighted by molar-refractivity contribution is -0.133. The van der Waals surface area contributed by atoms with Crippen molar-refractivity contribution in [3.05, 3.63) is 81.5 Å². The predicted octanol–water partition coefficient (Wildman–Crippen LogP) is 4.22. The molecule has 0 atom stereocenters. The maximum absolute atomic E-state index is 12.6. The molecule has 6 heteroatoms. The molecule has 1 aliphatic heterocycles. The lowest BCUT2D eigenvalue weighted by atomic mass is 10.0. The number of pyridine rings is 1. The van der Waals surface area contributed by atoms with E-state index in [4.69, 9.17) is 9.47 Å². The third-order valence-corrected chi connectivity index (χ3v) is 4.92. The van der Waals surface area contributed by atoms with Crippen LogP contribution in [0.5, 0.6) is 11.5 Å². The highest BCUT2D eigenvalue weighted by molar-refractivity contribution is 7.10. The standard InChI is InChI=1S/C21H15NO4S/c1-13-9-15(25-19(23)12-16-6-4-8-27-16)11-17-20(13)21(24)18(26-17)10-14-5-2-3-7-22-14/h2-11H,12H2,1H3/b18-10-. The first-order valence-electron chi connectivity index (χ1n) is 8.33. The summed E-state index contributed by atoms with van der Waals surface area (Å²) >= 11 is 1.50. The van der Waals surface area contributed by atoms with E-state index in [0.717, 1.165) is 4.88 Å². The van der Waals surface area contributed by atoms with Crippen LogP contribution in [0.3, 0.4) is 0 Å². The van der Waals surface area contributed by atoms with Crippen LogP contribution in [0.15, 0.2) is 59.8 Å². The van der Waals surface area contributed by atoms with E-state index >= 15 is 0 Å². The molecular formula is C21H15NO4S. The van der Waals surface area contributed by atoms with Crippen molar-refractivity contribution in [2.45, 2.75) is 13.3 Å². The number of Topliss-reactive ketones (excluding diaryl/α,β-unsaturated/α-hetero) is 1. The summed E-state index contributed by atoms with van der Waals surface area (Å²) in [5, 5.41) is 1.91. The summed E-state index contributed by atoms with van der Waals surface area (Å²) in [5.41, 5.74) is 1.81. The quantitative estimate of drug-likeness (QED) is 0.387. The van der Waals surface area contributed by atoms with Crippen LogP contribution in [-0.4, -0.2) is 16.7 Å². The number of benzene rings is 1. The Morgan fingerprint density at radius 3 is 2.89 bits per heavy atom. The van der Waals surface area contributed by atoms with Gasteiger partial charge < -0.3 is 9.47 Å². The number of allylic oxidation sites excluding steroid dienone is 1. The fourth-order valence-corrected chi connectivity index (χ4v) is 3.55. The van der Waals surface area contributed by atoms with Gasteiger partial charge in [0.05, 0.1) is 17.7 Å². The van der Waals surface area contributed by atoms with Crippen LogP contribution in [-0.2, 0) is 11.2 Å². The fourth-order valence-electron chi connectivity index (χ4n) is 2.85. The van der Waals surface area contributed by atoms with E-state index in [-0.39, 0.29) is 23.9 Å². The molecule has 0 bridgehead atoms. The molecular weight excluding hydrogens is 362 g/mol. The Morgan fingerprint density at radius 2 is 2.15 bits per heavy atom. The fraction of sp³-hybridized carbons (Fsp3) is 0.0952. The third-order valence-electron chi connectivity index (χ3n) is 4.04. The number of aromatic nitrogens is 1. The van der Waals surface area contributed by atoms with Crippen LogP contribution >= 0.6 is 11.3 Å². The van der Waals surface area contributed by atoms with Crippen molar-refractivity contribution in [1.82, 2.24) is 4.98 Å². The molecule has 5 nitrogen and oxygen atoms in total. The second kappa shape index (κ2) is 7.17. The number of nitrogens with zero attached hydrogens (tertiary/aromatic N) is 1. The number of hydrogen-bond acceptors (Lipinski definition) is 6. The molecule has 1 aromatic carbocycles. The van der Waals surface area contributed by atoms with Gasteiger partial charge in [0, 0.05) is 23.2 Å². The van der Waals surface area contributed by atoms with Crippen molar-refractivity contribution in [3.8, 4) is 11.5 Å². The van der Waals surface area contributed by atoms with Gasteiger partial charge in [-0.05, 0) is 42.1 Å². The number of aryl methyl sites for hydroxylation is 1. The van der Waals surface area contributed by atoms with Gasteiger partial charge in [0.2, 0.25) is 5.78 Å². The molecule has 1 aliphatic rings. The number of thiophene rings is 1. The molecule has 134 valence electrons. The van der Waals surface area contributed by atoms with Crippen molar-refractivity contribution in [2.75, 3.05) is 0 Å². The van der Waals surface area contributed by atoms with E-state index < -0.39 is 0 Å². The lowest BCUT2D eigenvalue weighted by Crippen LogP contribution is -2.10. The Kier molecular flexibility index (Phi) is 4.56. The summed E-state index contributed by atoms with van der Waals surface area (Å²) in [6, 6.07) is 12.5. The van der Waals surface area contributed by atoms with Crippen molar-refractivity contribution in [3.63, 3.8) is 0 Å². The Hall–Kier alpha value is -3.25.